The maximum atomic E-state index is 11.9. The van der Waals surface area contributed by atoms with Crippen LogP contribution >= 0.6 is 0 Å². The molecule has 104 valence electrons. The topological polar surface area (TPSA) is 63.7 Å². The summed E-state index contributed by atoms with van der Waals surface area (Å²) < 4.78 is 10.3. The summed E-state index contributed by atoms with van der Waals surface area (Å²) >= 11 is 0. The Labute approximate surface area is 112 Å². The molecule has 1 amide bonds. The summed E-state index contributed by atoms with van der Waals surface area (Å²) in [5, 5.41) is 2.86. The molecule has 0 atom stereocenters. The van der Waals surface area contributed by atoms with E-state index in [0.29, 0.717) is 18.1 Å². The van der Waals surface area contributed by atoms with Gasteiger partial charge in [0.25, 0.3) is 5.91 Å². The first-order chi connectivity index (χ1) is 9.29. The molecule has 0 radical (unpaired) electrons. The number of hydrogen-bond donors (Lipinski definition) is 1. The Morgan fingerprint density at radius 1 is 1.47 bits per heavy atom. The van der Waals surface area contributed by atoms with Crippen LogP contribution in [-0.2, 0) is 4.74 Å². The molecule has 2 heterocycles. The smallest absolute Gasteiger partial charge is 0.270 e. The fourth-order valence-electron chi connectivity index (χ4n) is 1.90. The Bertz CT molecular complexity index is 419. The van der Waals surface area contributed by atoms with Gasteiger partial charge in [0.2, 0.25) is 5.88 Å². The van der Waals surface area contributed by atoms with Crippen molar-refractivity contribution in [1.82, 2.24) is 15.2 Å². The monoisotopic (exact) mass is 265 g/mol. The molecule has 6 heteroatoms. The Hall–Kier alpha value is -1.66. The van der Waals surface area contributed by atoms with Crippen LogP contribution in [0.5, 0.6) is 5.88 Å². The predicted molar refractivity (Wildman–Crippen MR) is 70.4 cm³/mol. The minimum atomic E-state index is -0.174. The zero-order valence-electron chi connectivity index (χ0n) is 11.1. The van der Waals surface area contributed by atoms with Crippen LogP contribution in [0.1, 0.15) is 10.5 Å². The highest BCUT2D eigenvalue weighted by Crippen LogP contribution is 2.06. The molecule has 1 N–H and O–H groups in total. The van der Waals surface area contributed by atoms with E-state index in [2.05, 4.69) is 15.2 Å². The van der Waals surface area contributed by atoms with Gasteiger partial charge in [-0.05, 0) is 6.07 Å². The fourth-order valence-corrected chi connectivity index (χ4v) is 1.90. The van der Waals surface area contributed by atoms with E-state index in [4.69, 9.17) is 9.47 Å². The number of rotatable bonds is 5. The van der Waals surface area contributed by atoms with Gasteiger partial charge in [-0.25, -0.2) is 4.98 Å². The van der Waals surface area contributed by atoms with Crippen LogP contribution in [0.15, 0.2) is 18.2 Å². The third kappa shape index (κ3) is 4.18. The molecule has 0 saturated carbocycles. The number of ether oxygens (including phenoxy) is 2. The Kier molecular flexibility index (Phi) is 5.11. The first-order valence-electron chi connectivity index (χ1n) is 6.39. The number of carbonyl (C=O) groups is 1. The molecular weight excluding hydrogens is 246 g/mol. The number of methoxy groups -OCH3 is 1. The second kappa shape index (κ2) is 7.06. The van der Waals surface area contributed by atoms with Crippen molar-refractivity contribution in [3.8, 4) is 5.88 Å². The van der Waals surface area contributed by atoms with Crippen LogP contribution in [0.2, 0.25) is 0 Å². The maximum absolute atomic E-state index is 11.9. The van der Waals surface area contributed by atoms with E-state index in [1.165, 1.54) is 7.11 Å². The molecular formula is C13H19N3O3. The molecule has 1 aliphatic rings. The quantitative estimate of drug-likeness (QED) is 0.821. The summed E-state index contributed by atoms with van der Waals surface area (Å²) in [4.78, 5) is 18.2. The predicted octanol–water partition coefficient (Wildman–Crippen LogP) is 0.152. The largest absolute Gasteiger partial charge is 0.481 e. The van der Waals surface area contributed by atoms with Crippen molar-refractivity contribution in [3.05, 3.63) is 23.9 Å². The van der Waals surface area contributed by atoms with E-state index in [0.717, 1.165) is 32.8 Å². The molecule has 6 nitrogen and oxygen atoms in total. The average Bonchev–Trinajstić information content (AvgIpc) is 2.48. The second-order valence-electron chi connectivity index (χ2n) is 4.28. The van der Waals surface area contributed by atoms with Crippen LogP contribution in [0.4, 0.5) is 0 Å². The normalized spacial score (nSPS) is 16.1. The summed E-state index contributed by atoms with van der Waals surface area (Å²) in [6.07, 6.45) is 0. The highest BCUT2D eigenvalue weighted by Gasteiger charge is 2.11. The molecule has 2 rings (SSSR count). The van der Waals surface area contributed by atoms with Gasteiger partial charge in [-0.15, -0.1) is 0 Å². The number of aromatic nitrogens is 1. The number of carbonyl (C=O) groups excluding carboxylic acids is 1. The molecule has 0 bridgehead atoms. The summed E-state index contributed by atoms with van der Waals surface area (Å²) in [6.45, 7) is 4.83. The Balaban J connectivity index is 1.77. The van der Waals surface area contributed by atoms with Crippen molar-refractivity contribution < 1.29 is 14.3 Å². The molecule has 1 saturated heterocycles. The molecule has 0 aliphatic carbocycles. The van der Waals surface area contributed by atoms with Gasteiger partial charge in [0.15, 0.2) is 0 Å². The van der Waals surface area contributed by atoms with Gasteiger partial charge in [0.1, 0.15) is 5.69 Å². The van der Waals surface area contributed by atoms with Gasteiger partial charge in [-0.1, -0.05) is 6.07 Å². The van der Waals surface area contributed by atoms with Crippen molar-refractivity contribution in [2.45, 2.75) is 0 Å². The van der Waals surface area contributed by atoms with Gasteiger partial charge >= 0.3 is 0 Å². The Morgan fingerprint density at radius 2 is 2.26 bits per heavy atom. The number of amides is 1. The van der Waals surface area contributed by atoms with Gasteiger partial charge in [-0.3, -0.25) is 9.69 Å². The second-order valence-corrected chi connectivity index (χ2v) is 4.28. The highest BCUT2D eigenvalue weighted by molar-refractivity contribution is 5.92. The SMILES string of the molecule is COc1cccc(C(=O)NCCN2CCOCC2)n1. The van der Waals surface area contributed by atoms with E-state index in [-0.39, 0.29) is 5.91 Å². The van der Waals surface area contributed by atoms with Crippen molar-refractivity contribution in [1.29, 1.82) is 0 Å². The lowest BCUT2D eigenvalue weighted by molar-refractivity contribution is 0.0383. The standard InChI is InChI=1S/C13H19N3O3/c1-18-12-4-2-3-11(15-12)13(17)14-5-6-16-7-9-19-10-8-16/h2-4H,5-10H2,1H3,(H,14,17). The lowest BCUT2D eigenvalue weighted by atomic mass is 10.3. The highest BCUT2D eigenvalue weighted by atomic mass is 16.5. The van der Waals surface area contributed by atoms with Crippen LogP contribution in [0.3, 0.4) is 0 Å². The molecule has 1 aliphatic heterocycles. The number of nitrogens with zero attached hydrogens (tertiary/aromatic N) is 2. The number of morpholine rings is 1. The molecule has 1 fully saturated rings. The maximum Gasteiger partial charge on any atom is 0.270 e. The zero-order chi connectivity index (χ0) is 13.5. The number of nitrogens with one attached hydrogen (secondary N) is 1. The van der Waals surface area contributed by atoms with E-state index in [1.54, 1.807) is 18.2 Å². The Morgan fingerprint density at radius 3 is 3.00 bits per heavy atom. The third-order valence-electron chi connectivity index (χ3n) is 2.98. The van der Waals surface area contributed by atoms with Gasteiger partial charge < -0.3 is 14.8 Å². The van der Waals surface area contributed by atoms with Crippen LogP contribution in [0.25, 0.3) is 0 Å². The van der Waals surface area contributed by atoms with Crippen LogP contribution in [0, 0.1) is 0 Å². The third-order valence-corrected chi connectivity index (χ3v) is 2.98. The molecule has 0 unspecified atom stereocenters. The zero-order valence-corrected chi connectivity index (χ0v) is 11.1. The average molecular weight is 265 g/mol. The van der Waals surface area contributed by atoms with E-state index >= 15 is 0 Å². The fraction of sp³-hybridized carbons (Fsp3) is 0.538. The summed E-state index contributed by atoms with van der Waals surface area (Å²) in [5.74, 6) is 0.271. The van der Waals surface area contributed by atoms with Crippen molar-refractivity contribution in [2.24, 2.45) is 0 Å². The summed E-state index contributed by atoms with van der Waals surface area (Å²) in [6, 6.07) is 5.14. The van der Waals surface area contributed by atoms with Crippen molar-refractivity contribution in [3.63, 3.8) is 0 Å². The van der Waals surface area contributed by atoms with E-state index < -0.39 is 0 Å². The van der Waals surface area contributed by atoms with Crippen LogP contribution in [-0.4, -0.2) is 62.3 Å². The van der Waals surface area contributed by atoms with E-state index in [1.807, 2.05) is 0 Å². The van der Waals surface area contributed by atoms with Crippen LogP contribution < -0.4 is 10.1 Å². The molecule has 0 aromatic carbocycles. The van der Waals surface area contributed by atoms with Crippen molar-refractivity contribution >= 4 is 5.91 Å². The molecule has 0 spiro atoms. The van der Waals surface area contributed by atoms with Gasteiger partial charge in [0, 0.05) is 32.2 Å². The molecule has 1 aromatic rings. The van der Waals surface area contributed by atoms with Gasteiger partial charge in [-0.2, -0.15) is 0 Å². The lowest BCUT2D eigenvalue weighted by Gasteiger charge is -2.26. The number of hydrogen-bond acceptors (Lipinski definition) is 5. The summed E-state index contributed by atoms with van der Waals surface area (Å²) in [7, 11) is 1.53. The number of pyridine rings is 1. The minimum Gasteiger partial charge on any atom is -0.481 e. The molecule has 19 heavy (non-hydrogen) atoms. The minimum absolute atomic E-state index is 0.174. The van der Waals surface area contributed by atoms with Crippen molar-refractivity contribution in [2.75, 3.05) is 46.5 Å². The molecule has 1 aromatic heterocycles. The van der Waals surface area contributed by atoms with Gasteiger partial charge in [0.05, 0.1) is 20.3 Å². The van der Waals surface area contributed by atoms with E-state index in [9.17, 15) is 4.79 Å². The first kappa shape index (κ1) is 13.8. The lowest BCUT2D eigenvalue weighted by Crippen LogP contribution is -2.41. The summed E-state index contributed by atoms with van der Waals surface area (Å²) in [5.41, 5.74) is 0.376. The first-order valence-corrected chi connectivity index (χ1v) is 6.39.